The summed E-state index contributed by atoms with van der Waals surface area (Å²) < 4.78 is 7.04. The van der Waals surface area contributed by atoms with Crippen LogP contribution in [0.5, 0.6) is 0 Å². The van der Waals surface area contributed by atoms with Crippen molar-refractivity contribution in [3.05, 3.63) is 54.0 Å². The number of rotatable bonds is 4. The van der Waals surface area contributed by atoms with Crippen molar-refractivity contribution >= 4 is 33.7 Å². The molecule has 0 fully saturated rings. The fourth-order valence-corrected chi connectivity index (χ4v) is 3.07. The van der Waals surface area contributed by atoms with Crippen LogP contribution >= 0.6 is 0 Å². The molecule has 0 aliphatic carbocycles. The molecule has 0 saturated heterocycles. The van der Waals surface area contributed by atoms with E-state index in [-0.39, 0.29) is 11.7 Å². The number of pyridine rings is 1. The Balaban J connectivity index is 1.87. The lowest BCUT2D eigenvalue weighted by atomic mass is 10.1. The fraction of sp³-hybridized carbons (Fsp3) is 0.250. The summed E-state index contributed by atoms with van der Waals surface area (Å²) in [7, 11) is 0. The number of benzene rings is 1. The Morgan fingerprint density at radius 2 is 2.12 bits per heavy atom. The lowest BCUT2D eigenvalue weighted by Crippen LogP contribution is -2.12. The number of aromatic nitrogens is 3. The second kappa shape index (κ2) is 6.29. The normalized spacial score (nSPS) is 11.5. The first kappa shape index (κ1) is 16.3. The molecule has 6 heteroatoms. The highest BCUT2D eigenvalue weighted by molar-refractivity contribution is 6.07. The van der Waals surface area contributed by atoms with Gasteiger partial charge in [0.15, 0.2) is 17.2 Å². The standard InChI is InChI=1S/C20H20N4O2/c1-12(2)11-24-19-15(10-14-7-4-6-13(3)17(14)21-19)18(23-24)22-20(25)16-8-5-9-26-16/h4-10,12H,11H2,1-3H3,(H,22,23,25). The van der Waals surface area contributed by atoms with Crippen molar-refractivity contribution in [2.75, 3.05) is 5.32 Å². The molecule has 0 spiro atoms. The van der Waals surface area contributed by atoms with E-state index in [2.05, 4.69) is 24.3 Å². The van der Waals surface area contributed by atoms with Crippen molar-refractivity contribution in [3.63, 3.8) is 0 Å². The molecule has 4 aromatic rings. The first-order valence-corrected chi connectivity index (χ1v) is 8.64. The molecule has 132 valence electrons. The molecule has 1 N–H and O–H groups in total. The Hall–Kier alpha value is -3.15. The molecule has 0 atom stereocenters. The molecule has 1 amide bonds. The van der Waals surface area contributed by atoms with Crippen molar-refractivity contribution in [3.8, 4) is 0 Å². The van der Waals surface area contributed by atoms with Gasteiger partial charge in [-0.1, -0.05) is 32.0 Å². The van der Waals surface area contributed by atoms with E-state index in [1.165, 1.54) is 6.26 Å². The first-order chi connectivity index (χ1) is 12.5. The van der Waals surface area contributed by atoms with Crippen molar-refractivity contribution in [1.29, 1.82) is 0 Å². The van der Waals surface area contributed by atoms with E-state index >= 15 is 0 Å². The average Bonchev–Trinajstić information content (AvgIpc) is 3.23. The second-order valence-electron chi connectivity index (χ2n) is 6.86. The SMILES string of the molecule is Cc1cccc2cc3c(NC(=O)c4ccco4)nn(CC(C)C)c3nc12. The number of nitrogens with zero attached hydrogens (tertiary/aromatic N) is 3. The quantitative estimate of drug-likeness (QED) is 0.593. The predicted molar refractivity (Wildman–Crippen MR) is 101 cm³/mol. The summed E-state index contributed by atoms with van der Waals surface area (Å²) in [5.41, 5.74) is 2.84. The summed E-state index contributed by atoms with van der Waals surface area (Å²) in [6.07, 6.45) is 1.47. The average molecular weight is 348 g/mol. The monoisotopic (exact) mass is 348 g/mol. The smallest absolute Gasteiger partial charge is 0.292 e. The third-order valence-corrected chi connectivity index (χ3v) is 4.26. The molecule has 0 unspecified atom stereocenters. The number of carbonyl (C=O) groups excluding carboxylic acids is 1. The maximum atomic E-state index is 12.4. The van der Waals surface area contributed by atoms with E-state index in [4.69, 9.17) is 9.40 Å². The molecule has 0 saturated carbocycles. The van der Waals surface area contributed by atoms with Gasteiger partial charge in [0.05, 0.1) is 17.2 Å². The Kier molecular flexibility index (Phi) is 3.95. The fourth-order valence-electron chi connectivity index (χ4n) is 3.07. The number of hydrogen-bond donors (Lipinski definition) is 1. The van der Waals surface area contributed by atoms with Crippen LogP contribution in [0.2, 0.25) is 0 Å². The summed E-state index contributed by atoms with van der Waals surface area (Å²) >= 11 is 0. The number of hydrogen-bond acceptors (Lipinski definition) is 4. The number of aryl methyl sites for hydroxylation is 1. The Morgan fingerprint density at radius 3 is 2.85 bits per heavy atom. The molecule has 3 heterocycles. The Bertz CT molecular complexity index is 1090. The van der Waals surface area contributed by atoms with Crippen LogP contribution in [0.4, 0.5) is 5.82 Å². The first-order valence-electron chi connectivity index (χ1n) is 8.64. The van der Waals surface area contributed by atoms with Gasteiger partial charge >= 0.3 is 0 Å². The molecule has 1 aromatic carbocycles. The number of carbonyl (C=O) groups is 1. The summed E-state index contributed by atoms with van der Waals surface area (Å²) in [6.45, 7) is 7.02. The molecule has 3 aromatic heterocycles. The van der Waals surface area contributed by atoms with E-state index < -0.39 is 0 Å². The van der Waals surface area contributed by atoms with E-state index in [9.17, 15) is 4.79 Å². The highest BCUT2D eigenvalue weighted by Crippen LogP contribution is 2.28. The summed E-state index contributed by atoms with van der Waals surface area (Å²) in [4.78, 5) is 17.2. The van der Waals surface area contributed by atoms with Crippen molar-refractivity contribution in [1.82, 2.24) is 14.8 Å². The lowest BCUT2D eigenvalue weighted by Gasteiger charge is -2.06. The minimum Gasteiger partial charge on any atom is -0.459 e. The van der Waals surface area contributed by atoms with Gasteiger partial charge in [0.1, 0.15) is 0 Å². The number of para-hydroxylation sites is 1. The van der Waals surface area contributed by atoms with Crippen LogP contribution in [-0.2, 0) is 6.54 Å². The number of anilines is 1. The van der Waals surface area contributed by atoms with Crippen LogP contribution in [0.25, 0.3) is 21.9 Å². The summed E-state index contributed by atoms with van der Waals surface area (Å²) in [5.74, 6) is 0.829. The summed E-state index contributed by atoms with van der Waals surface area (Å²) in [5, 5.41) is 9.31. The maximum Gasteiger partial charge on any atom is 0.292 e. The van der Waals surface area contributed by atoms with Crippen molar-refractivity contribution in [2.45, 2.75) is 27.3 Å². The van der Waals surface area contributed by atoms with Crippen LogP contribution in [0, 0.1) is 12.8 Å². The van der Waals surface area contributed by atoms with Crippen LogP contribution < -0.4 is 5.32 Å². The van der Waals surface area contributed by atoms with Gasteiger partial charge in [-0.05, 0) is 36.6 Å². The molecule has 4 rings (SSSR count). The third-order valence-electron chi connectivity index (χ3n) is 4.26. The van der Waals surface area contributed by atoms with Gasteiger partial charge < -0.3 is 9.73 Å². The van der Waals surface area contributed by atoms with Gasteiger partial charge in [0.2, 0.25) is 0 Å². The van der Waals surface area contributed by atoms with Crippen LogP contribution in [0.1, 0.15) is 30.0 Å². The zero-order valence-electron chi connectivity index (χ0n) is 15.0. The van der Waals surface area contributed by atoms with E-state index in [0.29, 0.717) is 11.7 Å². The van der Waals surface area contributed by atoms with E-state index in [0.717, 1.165) is 34.0 Å². The largest absolute Gasteiger partial charge is 0.459 e. The minimum atomic E-state index is -0.324. The molecular weight excluding hydrogens is 328 g/mol. The number of fused-ring (bicyclic) bond motifs is 2. The van der Waals surface area contributed by atoms with E-state index in [1.807, 2.05) is 35.9 Å². The minimum absolute atomic E-state index is 0.251. The number of amides is 1. The van der Waals surface area contributed by atoms with Crippen LogP contribution in [0.3, 0.4) is 0 Å². The molecule has 0 bridgehead atoms. The molecule has 0 aliphatic rings. The zero-order chi connectivity index (χ0) is 18.3. The molecule has 0 aliphatic heterocycles. The molecule has 0 radical (unpaired) electrons. The second-order valence-corrected chi connectivity index (χ2v) is 6.86. The summed E-state index contributed by atoms with van der Waals surface area (Å²) in [6, 6.07) is 11.4. The van der Waals surface area contributed by atoms with Gasteiger partial charge in [-0.25, -0.2) is 9.67 Å². The van der Waals surface area contributed by atoms with Gasteiger partial charge in [0.25, 0.3) is 5.91 Å². The Labute approximate surface area is 150 Å². The van der Waals surface area contributed by atoms with Gasteiger partial charge in [0, 0.05) is 11.9 Å². The van der Waals surface area contributed by atoms with E-state index in [1.54, 1.807) is 12.1 Å². The lowest BCUT2D eigenvalue weighted by molar-refractivity contribution is 0.0996. The van der Waals surface area contributed by atoms with Gasteiger partial charge in [-0.3, -0.25) is 4.79 Å². The molecular formula is C20H20N4O2. The predicted octanol–water partition coefficient (Wildman–Crippen LogP) is 4.39. The highest BCUT2D eigenvalue weighted by atomic mass is 16.3. The van der Waals surface area contributed by atoms with Gasteiger partial charge in [-0.15, -0.1) is 0 Å². The van der Waals surface area contributed by atoms with Crippen molar-refractivity contribution < 1.29 is 9.21 Å². The highest BCUT2D eigenvalue weighted by Gasteiger charge is 2.18. The Morgan fingerprint density at radius 1 is 1.27 bits per heavy atom. The maximum absolute atomic E-state index is 12.4. The molecule has 26 heavy (non-hydrogen) atoms. The zero-order valence-corrected chi connectivity index (χ0v) is 15.0. The molecule has 6 nitrogen and oxygen atoms in total. The third kappa shape index (κ3) is 2.83. The van der Waals surface area contributed by atoms with Crippen LogP contribution in [-0.4, -0.2) is 20.7 Å². The number of nitrogens with one attached hydrogen (secondary N) is 1. The van der Waals surface area contributed by atoms with Crippen molar-refractivity contribution in [2.24, 2.45) is 5.92 Å². The van der Waals surface area contributed by atoms with Gasteiger partial charge in [-0.2, -0.15) is 5.10 Å². The van der Waals surface area contributed by atoms with Crippen LogP contribution in [0.15, 0.2) is 47.1 Å². The number of furan rings is 1. The topological polar surface area (TPSA) is 73.0 Å².